The van der Waals surface area contributed by atoms with E-state index in [9.17, 15) is 14.0 Å². The number of carbonyl (C=O) groups excluding carboxylic acids is 2. The maximum absolute atomic E-state index is 14.4. The highest BCUT2D eigenvalue weighted by atomic mass is 19.1. The first kappa shape index (κ1) is 34.1. The zero-order valence-corrected chi connectivity index (χ0v) is 28.7. The van der Waals surface area contributed by atoms with Crippen molar-refractivity contribution in [1.29, 1.82) is 0 Å². The number of benzene rings is 2. The van der Waals surface area contributed by atoms with Crippen molar-refractivity contribution in [2.45, 2.75) is 75.9 Å². The minimum Gasteiger partial charge on any atom is -0.438 e. The van der Waals surface area contributed by atoms with Crippen molar-refractivity contribution in [1.82, 2.24) is 30.7 Å². The molecule has 3 aliphatic heterocycles. The molecule has 7 rings (SSSR count). The largest absolute Gasteiger partial charge is 0.438 e. The smallest absolute Gasteiger partial charge is 0.257 e. The van der Waals surface area contributed by atoms with E-state index in [1.165, 1.54) is 11.6 Å². The number of piperidine rings is 1. The van der Waals surface area contributed by atoms with Gasteiger partial charge in [0.15, 0.2) is 0 Å². The number of carbonyl (C=O) groups is 2. The summed E-state index contributed by atoms with van der Waals surface area (Å²) in [7, 11) is 0. The normalized spacial score (nSPS) is 22.4. The van der Waals surface area contributed by atoms with E-state index in [-0.39, 0.29) is 35.5 Å². The summed E-state index contributed by atoms with van der Waals surface area (Å²) < 4.78 is 20.5. The number of amides is 2. The molecule has 10 nitrogen and oxygen atoms in total. The molecule has 3 aromatic rings. The van der Waals surface area contributed by atoms with Crippen molar-refractivity contribution in [2.75, 3.05) is 45.8 Å². The summed E-state index contributed by atoms with van der Waals surface area (Å²) in [6.45, 7) is 7.17. The summed E-state index contributed by atoms with van der Waals surface area (Å²) >= 11 is 0. The molecule has 0 bridgehead atoms. The SMILES string of the molecule is O=C(NC1CCC(NC(=O)C2CN3CCCCC3=N2)CC1)c1cc(F)cnc1Oc1cccc(-c2ccc(CCCN3CCNCC3)cc2)c1. The molecular formula is C39H48FN7O3. The Morgan fingerprint density at radius 3 is 2.48 bits per heavy atom. The summed E-state index contributed by atoms with van der Waals surface area (Å²) in [5.74, 6) is 0.587. The molecule has 11 heteroatoms. The van der Waals surface area contributed by atoms with Crippen LogP contribution in [0.3, 0.4) is 0 Å². The van der Waals surface area contributed by atoms with Crippen molar-refractivity contribution in [3.8, 4) is 22.8 Å². The zero-order valence-electron chi connectivity index (χ0n) is 28.7. The number of rotatable bonds is 11. The van der Waals surface area contributed by atoms with E-state index >= 15 is 0 Å². The average Bonchev–Trinajstić information content (AvgIpc) is 3.59. The molecule has 3 N–H and O–H groups in total. The lowest BCUT2D eigenvalue weighted by Crippen LogP contribution is -2.47. The van der Waals surface area contributed by atoms with Gasteiger partial charge < -0.3 is 30.5 Å². The molecule has 4 heterocycles. The van der Waals surface area contributed by atoms with Crippen LogP contribution in [0, 0.1) is 5.82 Å². The van der Waals surface area contributed by atoms with Gasteiger partial charge in [0.05, 0.1) is 12.7 Å². The van der Waals surface area contributed by atoms with Crippen LogP contribution in [0.15, 0.2) is 65.8 Å². The third-order valence-electron chi connectivity index (χ3n) is 10.4. The number of fused-ring (bicyclic) bond motifs is 1. The first-order valence-electron chi connectivity index (χ1n) is 18.4. The van der Waals surface area contributed by atoms with E-state index < -0.39 is 11.7 Å². The second-order valence-electron chi connectivity index (χ2n) is 14.0. The highest BCUT2D eigenvalue weighted by molar-refractivity contribution is 5.96. The molecule has 1 atom stereocenters. The Morgan fingerprint density at radius 2 is 1.70 bits per heavy atom. The molecule has 1 saturated carbocycles. The lowest BCUT2D eigenvalue weighted by molar-refractivity contribution is -0.123. The van der Waals surface area contributed by atoms with E-state index in [0.29, 0.717) is 25.1 Å². The van der Waals surface area contributed by atoms with Crippen molar-refractivity contribution in [2.24, 2.45) is 4.99 Å². The molecular weight excluding hydrogens is 633 g/mol. The predicted octanol–water partition coefficient (Wildman–Crippen LogP) is 4.94. The van der Waals surface area contributed by atoms with Gasteiger partial charge in [-0.25, -0.2) is 9.37 Å². The number of halogens is 1. The maximum atomic E-state index is 14.4. The van der Waals surface area contributed by atoms with Gasteiger partial charge in [-0.05, 0) is 92.8 Å². The number of aliphatic imine (C=N–C) groups is 1. The van der Waals surface area contributed by atoms with Crippen LogP contribution < -0.4 is 20.7 Å². The van der Waals surface area contributed by atoms with Gasteiger partial charge in [-0.3, -0.25) is 14.6 Å². The van der Waals surface area contributed by atoms with Crippen LogP contribution >= 0.6 is 0 Å². The van der Waals surface area contributed by atoms with Crippen LogP contribution in [0.1, 0.15) is 67.3 Å². The van der Waals surface area contributed by atoms with Crippen LogP contribution in [0.4, 0.5) is 4.39 Å². The van der Waals surface area contributed by atoms with E-state index in [4.69, 9.17) is 4.74 Å². The quantitative estimate of drug-likeness (QED) is 0.263. The summed E-state index contributed by atoms with van der Waals surface area (Å²) in [6, 6.07) is 17.0. The number of amidine groups is 1. The summed E-state index contributed by atoms with van der Waals surface area (Å²) in [4.78, 5) is 40.0. The van der Waals surface area contributed by atoms with E-state index in [1.54, 1.807) is 6.07 Å². The van der Waals surface area contributed by atoms with Gasteiger partial charge in [0.25, 0.3) is 5.91 Å². The van der Waals surface area contributed by atoms with E-state index in [0.717, 1.165) is 107 Å². The fraction of sp³-hybridized carbons (Fsp3) is 0.487. The minimum atomic E-state index is -0.609. The van der Waals surface area contributed by atoms with Gasteiger partial charge in [-0.2, -0.15) is 0 Å². The van der Waals surface area contributed by atoms with Gasteiger partial charge in [0.2, 0.25) is 11.8 Å². The number of nitrogens with zero attached hydrogens (tertiary/aromatic N) is 4. The second kappa shape index (κ2) is 16.1. The lowest BCUT2D eigenvalue weighted by atomic mass is 9.90. The lowest BCUT2D eigenvalue weighted by Gasteiger charge is -2.30. The first-order chi connectivity index (χ1) is 24.5. The molecule has 50 heavy (non-hydrogen) atoms. The topological polar surface area (TPSA) is 111 Å². The molecule has 0 radical (unpaired) electrons. The van der Waals surface area contributed by atoms with E-state index in [1.807, 2.05) is 18.2 Å². The van der Waals surface area contributed by atoms with Crippen molar-refractivity contribution < 1.29 is 18.7 Å². The third kappa shape index (κ3) is 8.68. The molecule has 2 saturated heterocycles. The molecule has 1 aliphatic carbocycles. The Labute approximate surface area is 293 Å². The Morgan fingerprint density at radius 1 is 0.920 bits per heavy atom. The minimum absolute atomic E-state index is 0.00932. The average molecular weight is 682 g/mol. The Balaban J connectivity index is 0.913. The van der Waals surface area contributed by atoms with Crippen molar-refractivity contribution in [3.63, 3.8) is 0 Å². The van der Waals surface area contributed by atoms with Gasteiger partial charge in [0, 0.05) is 51.2 Å². The Kier molecular flexibility index (Phi) is 11.0. The molecule has 2 aromatic carbocycles. The van der Waals surface area contributed by atoms with Crippen molar-refractivity contribution in [3.05, 3.63) is 77.7 Å². The number of hydrogen-bond acceptors (Lipinski definition) is 8. The van der Waals surface area contributed by atoms with Gasteiger partial charge in [-0.1, -0.05) is 36.4 Å². The number of hydrogen-bond donors (Lipinski definition) is 3. The Hall–Kier alpha value is -4.35. The van der Waals surface area contributed by atoms with E-state index in [2.05, 4.69) is 60.0 Å². The molecule has 1 aromatic heterocycles. The summed E-state index contributed by atoms with van der Waals surface area (Å²) in [6.07, 6.45) is 9.41. The van der Waals surface area contributed by atoms with Gasteiger partial charge in [-0.15, -0.1) is 0 Å². The molecule has 1 unspecified atom stereocenters. The molecule has 3 fully saturated rings. The van der Waals surface area contributed by atoms with Crippen LogP contribution in [0.25, 0.3) is 11.1 Å². The standard InChI is InChI=1S/C39H48FN7O3/c40-30-24-34(37(48)43-31-13-15-32(16-14-31)44-38(49)35-26-47-20-2-1-8-36(47)45-35)39(42-25-30)50-33-7-3-6-29(23-33)28-11-9-27(10-12-28)5-4-19-46-21-17-41-18-22-46/h3,6-7,9-12,23-25,31-32,35,41H,1-2,4-5,8,13-22,26H2,(H,43,48)(H,44,49). The first-order valence-corrected chi connectivity index (χ1v) is 18.4. The molecule has 0 spiro atoms. The monoisotopic (exact) mass is 681 g/mol. The number of nitrogens with one attached hydrogen (secondary N) is 3. The van der Waals surface area contributed by atoms with Crippen LogP contribution in [-0.4, -0.2) is 96.4 Å². The van der Waals surface area contributed by atoms with Crippen LogP contribution in [-0.2, 0) is 11.2 Å². The highest BCUT2D eigenvalue weighted by Gasteiger charge is 2.33. The number of pyridine rings is 1. The van der Waals surface area contributed by atoms with Gasteiger partial charge in [0.1, 0.15) is 29.0 Å². The summed E-state index contributed by atoms with van der Waals surface area (Å²) in [5.41, 5.74) is 3.40. The van der Waals surface area contributed by atoms with Crippen molar-refractivity contribution >= 4 is 17.6 Å². The number of aryl methyl sites for hydroxylation is 1. The third-order valence-corrected chi connectivity index (χ3v) is 10.4. The van der Waals surface area contributed by atoms with Crippen LogP contribution in [0.5, 0.6) is 11.6 Å². The second-order valence-corrected chi connectivity index (χ2v) is 14.0. The fourth-order valence-corrected chi connectivity index (χ4v) is 7.56. The van der Waals surface area contributed by atoms with Gasteiger partial charge >= 0.3 is 0 Å². The Bertz CT molecular complexity index is 1670. The maximum Gasteiger partial charge on any atom is 0.257 e. The number of piperazine rings is 1. The fourth-order valence-electron chi connectivity index (χ4n) is 7.56. The number of aromatic nitrogens is 1. The molecule has 264 valence electrons. The predicted molar refractivity (Wildman–Crippen MR) is 192 cm³/mol. The highest BCUT2D eigenvalue weighted by Crippen LogP contribution is 2.30. The molecule has 2 amide bonds. The summed E-state index contributed by atoms with van der Waals surface area (Å²) in [5, 5.41) is 9.65. The van der Waals surface area contributed by atoms with Crippen LogP contribution in [0.2, 0.25) is 0 Å². The zero-order chi connectivity index (χ0) is 34.3. The molecule has 4 aliphatic rings. The number of ether oxygens (including phenoxy) is 1.